The molecule has 6 heteroatoms. The van der Waals surface area contributed by atoms with Crippen LogP contribution >= 0.6 is 13.5 Å². The second-order valence-electron chi connectivity index (χ2n) is 0. The molecular formula is H6CdCuSSeSnZn. The van der Waals surface area contributed by atoms with Crippen LogP contribution in [0.25, 0.3) is 0 Å². The van der Waals surface area contributed by atoms with Gasteiger partial charge in [0.25, 0.3) is 0 Å². The predicted octanol–water partition coefficient (Wildman–Crippen LogP) is -1.73. The first-order chi connectivity index (χ1) is 0. The first-order valence-corrected chi connectivity index (χ1v) is 0. The maximum atomic E-state index is 0. The van der Waals surface area contributed by atoms with Gasteiger partial charge in [-0.2, -0.15) is 13.5 Å². The zero-order chi connectivity index (χ0) is 0. The van der Waals surface area contributed by atoms with Gasteiger partial charge in [-0.05, 0) is 0 Å². The van der Waals surface area contributed by atoms with Crippen LogP contribution in [0.3, 0.4) is 0 Å². The molecule has 0 nitrogen and oxygen atoms in total. The average Bonchev–Trinajstić information content (AvgIpc) is 0. The van der Waals surface area contributed by atoms with E-state index in [-0.39, 0.29) is 118 Å². The minimum absolute atomic E-state index is 0. The normalized spacial score (nSPS) is 0. The Morgan fingerprint density at radius 3 is 1.00 bits per heavy atom. The van der Waals surface area contributed by atoms with Crippen LogP contribution in [0.2, 0.25) is 0 Å². The van der Waals surface area contributed by atoms with Crippen molar-refractivity contribution in [3.05, 3.63) is 0 Å². The molecule has 0 amide bonds. The van der Waals surface area contributed by atoms with Gasteiger partial charge < -0.3 is 0 Å². The fraction of sp³-hybridized carbons (Fsp3) is 0. The molecule has 37 valence electrons. The smallest absolute Gasteiger partial charge is 0 e. The minimum atomic E-state index is 0. The molecule has 0 aromatic carbocycles. The van der Waals surface area contributed by atoms with Gasteiger partial charge in [0.15, 0.2) is 0 Å². The average molecular weight is 477 g/mol. The van der Waals surface area contributed by atoms with E-state index in [9.17, 15) is 0 Å². The summed E-state index contributed by atoms with van der Waals surface area (Å²) in [5.41, 5.74) is 0. The minimum Gasteiger partial charge on any atom is 0 e. The van der Waals surface area contributed by atoms with Gasteiger partial charge >= 0.3 is 41.0 Å². The molecule has 0 aromatic heterocycles. The van der Waals surface area contributed by atoms with Gasteiger partial charge in [-0.1, -0.05) is 0 Å². The SMILES string of the molecule is S.[Cd].[Cu].[SeH2].[SnH2].[Zn]. The van der Waals surface area contributed by atoms with Gasteiger partial charge in [0.1, 0.15) is 0 Å². The van der Waals surface area contributed by atoms with Crippen LogP contribution in [-0.2, 0) is 63.8 Å². The molecule has 0 aliphatic carbocycles. The fourth-order valence-corrected chi connectivity index (χ4v) is 0. The van der Waals surface area contributed by atoms with E-state index in [4.69, 9.17) is 0 Å². The van der Waals surface area contributed by atoms with E-state index < -0.39 is 0 Å². The van der Waals surface area contributed by atoms with Crippen molar-refractivity contribution < 1.29 is 63.8 Å². The molecular weight excluding hydrogens is 471 g/mol. The second kappa shape index (κ2) is 37.5. The number of rotatable bonds is 0. The molecule has 0 heterocycles. The largest absolute Gasteiger partial charge is 0 e. The topological polar surface area (TPSA) is 0 Å². The van der Waals surface area contributed by atoms with Crippen molar-refractivity contribution >= 4 is 54.5 Å². The zero-order valence-corrected chi connectivity index (χ0v) is 18.5. The molecule has 0 aromatic rings. The summed E-state index contributed by atoms with van der Waals surface area (Å²) in [6, 6.07) is 0. The van der Waals surface area contributed by atoms with Gasteiger partial charge in [-0.25, -0.2) is 0 Å². The number of hydrogen-bond donors (Lipinski definition) is 0. The first-order valence-electron chi connectivity index (χ1n) is 0. The Balaban J connectivity index is 0. The Hall–Kier alpha value is 3.73. The van der Waals surface area contributed by atoms with E-state index in [1.807, 2.05) is 0 Å². The molecule has 3 radical (unpaired) electrons. The molecule has 0 rings (SSSR count). The summed E-state index contributed by atoms with van der Waals surface area (Å²) in [5.74, 6) is 0. The van der Waals surface area contributed by atoms with Gasteiger partial charge in [0, 0.05) is 63.8 Å². The van der Waals surface area contributed by atoms with Crippen LogP contribution in [0.1, 0.15) is 0 Å². The van der Waals surface area contributed by atoms with E-state index in [0.717, 1.165) is 0 Å². The first kappa shape index (κ1) is 53.3. The van der Waals surface area contributed by atoms with Crippen molar-refractivity contribution in [2.75, 3.05) is 0 Å². The molecule has 0 spiro atoms. The van der Waals surface area contributed by atoms with E-state index in [1.54, 1.807) is 0 Å². The Bertz CT molecular complexity index is 15.5. The van der Waals surface area contributed by atoms with Gasteiger partial charge in [-0.15, -0.1) is 0 Å². The van der Waals surface area contributed by atoms with Crippen molar-refractivity contribution in [2.45, 2.75) is 0 Å². The monoisotopic (exact) mass is 479 g/mol. The molecule has 0 N–H and O–H groups in total. The Morgan fingerprint density at radius 1 is 1.00 bits per heavy atom. The van der Waals surface area contributed by atoms with Crippen LogP contribution in [0, 0.1) is 0 Å². The third-order valence-electron chi connectivity index (χ3n) is 0. The Labute approximate surface area is 116 Å². The van der Waals surface area contributed by atoms with E-state index in [2.05, 4.69) is 0 Å². The van der Waals surface area contributed by atoms with Crippen LogP contribution < -0.4 is 0 Å². The summed E-state index contributed by atoms with van der Waals surface area (Å²) < 4.78 is 0. The molecule has 0 bridgehead atoms. The molecule has 0 aliphatic heterocycles. The third-order valence-corrected chi connectivity index (χ3v) is 0. The summed E-state index contributed by atoms with van der Waals surface area (Å²) >= 11 is 0. The van der Waals surface area contributed by atoms with Crippen molar-refractivity contribution in [1.29, 1.82) is 0 Å². The zero-order valence-electron chi connectivity index (χ0n) is 3.42. The predicted molar refractivity (Wildman–Crippen MR) is 27.5 cm³/mol. The standard InChI is InChI=1S/Cd.Cu.H2S.H2Se.Sn.Zn.2H/h;;2*1H2;;;;. The van der Waals surface area contributed by atoms with Crippen LogP contribution in [-0.4, -0.2) is 41.0 Å². The molecule has 0 saturated carbocycles. The fourth-order valence-electron chi connectivity index (χ4n) is 0. The van der Waals surface area contributed by atoms with Crippen LogP contribution in [0.15, 0.2) is 0 Å². The van der Waals surface area contributed by atoms with Crippen molar-refractivity contribution in [1.82, 2.24) is 0 Å². The van der Waals surface area contributed by atoms with E-state index >= 15 is 0 Å². The van der Waals surface area contributed by atoms with Crippen molar-refractivity contribution in [3.8, 4) is 0 Å². The maximum absolute atomic E-state index is 0. The van der Waals surface area contributed by atoms with E-state index in [0.29, 0.717) is 0 Å². The van der Waals surface area contributed by atoms with Crippen molar-refractivity contribution in [2.24, 2.45) is 0 Å². The molecule has 0 fully saturated rings. The van der Waals surface area contributed by atoms with Gasteiger partial charge in [0.05, 0.1) is 0 Å². The molecule has 0 aliphatic rings. The van der Waals surface area contributed by atoms with Gasteiger partial charge in [-0.3, -0.25) is 0 Å². The summed E-state index contributed by atoms with van der Waals surface area (Å²) in [7, 11) is 0. The van der Waals surface area contributed by atoms with Gasteiger partial charge in [0.2, 0.25) is 0 Å². The maximum Gasteiger partial charge on any atom is 0 e. The molecule has 0 saturated heterocycles. The Kier molecular flexibility index (Phi) is 333. The number of hydrogen-bond acceptors (Lipinski definition) is 0. The Morgan fingerprint density at radius 2 is 1.00 bits per heavy atom. The summed E-state index contributed by atoms with van der Waals surface area (Å²) in [6.07, 6.45) is 0. The van der Waals surface area contributed by atoms with E-state index in [1.165, 1.54) is 0 Å². The van der Waals surface area contributed by atoms with Crippen LogP contribution in [0.4, 0.5) is 0 Å². The quantitative estimate of drug-likeness (QED) is 0.365. The summed E-state index contributed by atoms with van der Waals surface area (Å²) in [6.45, 7) is 0. The summed E-state index contributed by atoms with van der Waals surface area (Å²) in [4.78, 5) is 0. The van der Waals surface area contributed by atoms with Crippen molar-refractivity contribution in [3.63, 3.8) is 0 Å². The molecule has 0 unspecified atom stereocenters. The molecule has 0 atom stereocenters. The second-order valence-corrected chi connectivity index (χ2v) is 0. The summed E-state index contributed by atoms with van der Waals surface area (Å²) in [5, 5.41) is 0. The van der Waals surface area contributed by atoms with Crippen LogP contribution in [0.5, 0.6) is 0 Å². The third kappa shape index (κ3) is 25.2. The molecule has 6 heavy (non-hydrogen) atoms.